The van der Waals surface area contributed by atoms with Gasteiger partial charge in [-0.1, -0.05) is 0 Å². The predicted molar refractivity (Wildman–Crippen MR) is 80.7 cm³/mol. The van der Waals surface area contributed by atoms with Gasteiger partial charge < -0.3 is 4.74 Å². The van der Waals surface area contributed by atoms with Crippen LogP contribution in [0.4, 0.5) is 5.69 Å². The normalized spacial score (nSPS) is 10.6. The number of nitro benzene ring substituents is 1. The highest BCUT2D eigenvalue weighted by Crippen LogP contribution is 2.35. The van der Waals surface area contributed by atoms with Crippen molar-refractivity contribution in [1.29, 1.82) is 0 Å². The molecule has 0 fully saturated rings. The zero-order valence-electron chi connectivity index (χ0n) is 11.3. The molecule has 2 heterocycles. The van der Waals surface area contributed by atoms with E-state index in [-0.39, 0.29) is 22.9 Å². The topological polar surface area (TPSA) is 95.2 Å². The number of thiophene rings is 1. The highest BCUT2D eigenvalue weighted by Gasteiger charge is 2.19. The number of nitrogens with zero attached hydrogens (tertiary/aromatic N) is 3. The standard InChI is InChI=1S/C14H9N3O4S/c1-8-4-10-13(15-7-16-14(10)22-8)21-12-3-2-9(6-18)5-11(12)17(19)20/h2-7H,1H3. The molecule has 22 heavy (non-hydrogen) atoms. The Kier molecular flexibility index (Phi) is 3.51. The Morgan fingerprint density at radius 2 is 2.14 bits per heavy atom. The molecule has 3 aromatic rings. The maximum atomic E-state index is 11.1. The Labute approximate surface area is 128 Å². The molecule has 0 bridgehead atoms. The van der Waals surface area contributed by atoms with Crippen LogP contribution < -0.4 is 4.74 Å². The summed E-state index contributed by atoms with van der Waals surface area (Å²) in [7, 11) is 0. The molecule has 0 radical (unpaired) electrons. The number of ether oxygens (including phenoxy) is 1. The zero-order valence-corrected chi connectivity index (χ0v) is 12.2. The Bertz CT molecular complexity index is 891. The summed E-state index contributed by atoms with van der Waals surface area (Å²) < 4.78 is 5.59. The lowest BCUT2D eigenvalue weighted by molar-refractivity contribution is -0.385. The van der Waals surface area contributed by atoms with Crippen molar-refractivity contribution in [2.45, 2.75) is 6.92 Å². The number of nitro groups is 1. The van der Waals surface area contributed by atoms with Crippen LogP contribution in [-0.4, -0.2) is 21.2 Å². The maximum Gasteiger partial charge on any atom is 0.312 e. The van der Waals surface area contributed by atoms with E-state index < -0.39 is 4.92 Å². The lowest BCUT2D eigenvalue weighted by Crippen LogP contribution is -1.96. The summed E-state index contributed by atoms with van der Waals surface area (Å²) >= 11 is 1.48. The number of carbonyl (C=O) groups is 1. The van der Waals surface area contributed by atoms with Crippen molar-refractivity contribution in [2.75, 3.05) is 0 Å². The number of fused-ring (bicyclic) bond motifs is 1. The van der Waals surface area contributed by atoms with Gasteiger partial charge in [0.2, 0.25) is 11.6 Å². The van der Waals surface area contributed by atoms with Gasteiger partial charge in [-0.05, 0) is 25.1 Å². The molecule has 7 nitrogen and oxygen atoms in total. The highest BCUT2D eigenvalue weighted by atomic mass is 32.1. The average Bonchev–Trinajstić information content (AvgIpc) is 2.89. The van der Waals surface area contributed by atoms with Gasteiger partial charge in [-0.2, -0.15) is 0 Å². The fourth-order valence-corrected chi connectivity index (χ4v) is 2.81. The predicted octanol–water partition coefficient (Wildman–Crippen LogP) is 3.51. The minimum Gasteiger partial charge on any atom is -0.431 e. The van der Waals surface area contributed by atoms with Gasteiger partial charge in [0, 0.05) is 16.5 Å². The zero-order chi connectivity index (χ0) is 15.7. The van der Waals surface area contributed by atoms with Crippen LogP contribution in [-0.2, 0) is 0 Å². The van der Waals surface area contributed by atoms with Gasteiger partial charge in [-0.15, -0.1) is 11.3 Å². The Hall–Kier alpha value is -2.87. The van der Waals surface area contributed by atoms with Crippen LogP contribution in [0.1, 0.15) is 15.2 Å². The van der Waals surface area contributed by atoms with Crippen molar-refractivity contribution in [1.82, 2.24) is 9.97 Å². The molecule has 0 saturated carbocycles. The fourth-order valence-electron chi connectivity index (χ4n) is 1.98. The van der Waals surface area contributed by atoms with Crippen LogP contribution in [0.25, 0.3) is 10.2 Å². The third kappa shape index (κ3) is 2.51. The van der Waals surface area contributed by atoms with Crippen molar-refractivity contribution in [3.8, 4) is 11.6 Å². The summed E-state index contributed by atoms with van der Waals surface area (Å²) in [5.74, 6) is 0.274. The molecule has 0 aliphatic rings. The van der Waals surface area contributed by atoms with E-state index in [2.05, 4.69) is 9.97 Å². The quantitative estimate of drug-likeness (QED) is 0.415. The van der Waals surface area contributed by atoms with Gasteiger partial charge >= 0.3 is 5.69 Å². The van der Waals surface area contributed by atoms with E-state index in [0.29, 0.717) is 11.7 Å². The molecule has 0 aliphatic carbocycles. The first-order valence-corrected chi connectivity index (χ1v) is 7.03. The molecule has 0 atom stereocenters. The van der Waals surface area contributed by atoms with Crippen molar-refractivity contribution in [2.24, 2.45) is 0 Å². The van der Waals surface area contributed by atoms with Crippen LogP contribution in [0, 0.1) is 17.0 Å². The minimum absolute atomic E-state index is 0.0273. The molecule has 8 heteroatoms. The van der Waals surface area contributed by atoms with Crippen LogP contribution in [0.3, 0.4) is 0 Å². The van der Waals surface area contributed by atoms with Crippen LogP contribution in [0.2, 0.25) is 0 Å². The third-order valence-corrected chi connectivity index (χ3v) is 3.90. The Morgan fingerprint density at radius 1 is 1.32 bits per heavy atom. The Morgan fingerprint density at radius 3 is 2.86 bits per heavy atom. The molecular formula is C14H9N3O4S. The average molecular weight is 315 g/mol. The third-order valence-electron chi connectivity index (χ3n) is 2.94. The number of hydrogen-bond acceptors (Lipinski definition) is 7. The van der Waals surface area contributed by atoms with Crippen LogP contribution >= 0.6 is 11.3 Å². The number of hydrogen-bond donors (Lipinski definition) is 0. The Balaban J connectivity index is 2.08. The van der Waals surface area contributed by atoms with E-state index in [1.54, 1.807) is 0 Å². The largest absolute Gasteiger partial charge is 0.431 e. The van der Waals surface area contributed by atoms with E-state index >= 15 is 0 Å². The smallest absolute Gasteiger partial charge is 0.312 e. The first-order chi connectivity index (χ1) is 10.6. The fraction of sp³-hybridized carbons (Fsp3) is 0.0714. The van der Waals surface area contributed by atoms with Crippen molar-refractivity contribution < 1.29 is 14.5 Å². The van der Waals surface area contributed by atoms with E-state index in [4.69, 9.17) is 4.74 Å². The second kappa shape index (κ2) is 5.49. The van der Waals surface area contributed by atoms with Gasteiger partial charge in [0.15, 0.2) is 0 Å². The first kappa shape index (κ1) is 14.1. The first-order valence-electron chi connectivity index (χ1n) is 6.21. The van der Waals surface area contributed by atoms with Gasteiger partial charge in [-0.25, -0.2) is 9.97 Å². The van der Waals surface area contributed by atoms with Crippen molar-refractivity contribution in [3.63, 3.8) is 0 Å². The van der Waals surface area contributed by atoms with E-state index in [0.717, 1.165) is 9.71 Å². The molecule has 0 spiro atoms. The lowest BCUT2D eigenvalue weighted by atomic mass is 10.2. The molecule has 2 aromatic heterocycles. The molecule has 0 N–H and O–H groups in total. The van der Waals surface area contributed by atoms with Gasteiger partial charge in [0.1, 0.15) is 17.4 Å². The summed E-state index contributed by atoms with van der Waals surface area (Å²) in [5, 5.41) is 11.8. The summed E-state index contributed by atoms with van der Waals surface area (Å²) in [5.41, 5.74) is -0.0819. The van der Waals surface area contributed by atoms with Crippen molar-refractivity contribution in [3.05, 3.63) is 51.1 Å². The molecule has 0 saturated heterocycles. The summed E-state index contributed by atoms with van der Waals surface area (Å²) in [6.07, 6.45) is 1.89. The molecule has 1 aromatic carbocycles. The second-order valence-electron chi connectivity index (χ2n) is 4.46. The SMILES string of the molecule is Cc1cc2c(Oc3ccc(C=O)cc3[N+](=O)[O-])ncnc2s1. The number of aromatic nitrogens is 2. The monoisotopic (exact) mass is 315 g/mol. The number of rotatable bonds is 4. The molecule has 0 amide bonds. The van der Waals surface area contributed by atoms with Crippen molar-refractivity contribution >= 4 is 33.5 Å². The van der Waals surface area contributed by atoms with E-state index in [1.807, 2.05) is 13.0 Å². The van der Waals surface area contributed by atoms with Gasteiger partial charge in [0.05, 0.1) is 10.3 Å². The molecule has 110 valence electrons. The van der Waals surface area contributed by atoms with Gasteiger partial charge in [0.25, 0.3) is 0 Å². The number of aryl methyl sites for hydroxylation is 1. The second-order valence-corrected chi connectivity index (χ2v) is 5.69. The highest BCUT2D eigenvalue weighted by molar-refractivity contribution is 7.18. The van der Waals surface area contributed by atoms with Crippen LogP contribution in [0.15, 0.2) is 30.6 Å². The molecule has 3 rings (SSSR count). The molecule has 0 aliphatic heterocycles. The minimum atomic E-state index is -0.598. The summed E-state index contributed by atoms with van der Waals surface area (Å²) in [4.78, 5) is 31.2. The van der Waals surface area contributed by atoms with E-state index in [1.165, 1.54) is 35.9 Å². The number of carbonyl (C=O) groups excluding carboxylic acids is 1. The van der Waals surface area contributed by atoms with E-state index in [9.17, 15) is 14.9 Å². The number of aldehydes is 1. The maximum absolute atomic E-state index is 11.1. The van der Waals surface area contributed by atoms with Gasteiger partial charge in [-0.3, -0.25) is 14.9 Å². The van der Waals surface area contributed by atoms with Crippen LogP contribution in [0.5, 0.6) is 11.6 Å². The summed E-state index contributed by atoms with van der Waals surface area (Å²) in [6, 6.07) is 5.86. The number of benzene rings is 1. The molecule has 0 unspecified atom stereocenters. The summed E-state index contributed by atoms with van der Waals surface area (Å²) in [6.45, 7) is 1.93. The molecular weight excluding hydrogens is 306 g/mol. The lowest BCUT2D eigenvalue weighted by Gasteiger charge is -2.06.